The third kappa shape index (κ3) is 16.4. The van der Waals surface area contributed by atoms with Crippen molar-refractivity contribution in [3.63, 3.8) is 0 Å². The van der Waals surface area contributed by atoms with Gasteiger partial charge in [-0.1, -0.05) is 442 Å². The van der Waals surface area contributed by atoms with Gasteiger partial charge in [0.2, 0.25) is 0 Å². The smallest absolute Gasteiger partial charge is 0.119 e. The van der Waals surface area contributed by atoms with Gasteiger partial charge in [0, 0.05) is 21.5 Å². The van der Waals surface area contributed by atoms with E-state index in [2.05, 4.69) is 501 Å². The van der Waals surface area contributed by atoms with Gasteiger partial charge in [-0.2, -0.15) is 0 Å². The standard InChI is InChI=1S/C62H45NO.C35H23Br.C28H24O/c1-2-44-24-26-45(27-25-44)43-64-56-39-37-55(38-40-56)63(53-33-28-47(29-34-53)46-14-6-3-7-15-46)54-35-30-48(31-36-54)50-32-41-59-58(42-50)57-22-12-16-49-17-13-23-60(61(49)57)62(59,51-18-8-4-9-19-51)52-20-10-5-11-21-52;36-29-20-17-24(18-21-29)26-19-22-32-31(23-26)30-15-7-9-25-10-8-16-33(34(25)30)35(32,27-11-3-1-4-12-27)28-13-5-2-6-14-28;1-2-22-8-10-25(11-9-22)21-29-28-18-14-24(15-19-28)20-23-12-16-27(17-13-23)26-6-4-3-5-7-26/h2-42H,1,43H2;1-23H;2-19H,1,20-21H2. The van der Waals surface area contributed by atoms with Crippen molar-refractivity contribution in [2.45, 2.75) is 30.5 Å². The van der Waals surface area contributed by atoms with Crippen LogP contribution in [-0.2, 0) is 30.5 Å². The van der Waals surface area contributed by atoms with E-state index in [1.807, 2.05) is 30.4 Å². The molecule has 2 aliphatic carbocycles. The van der Waals surface area contributed by atoms with E-state index in [0.29, 0.717) is 13.2 Å². The maximum Gasteiger partial charge on any atom is 0.119 e. The normalized spacial score (nSPS) is 12.2. The zero-order valence-corrected chi connectivity index (χ0v) is 73.1. The van der Waals surface area contributed by atoms with Gasteiger partial charge in [-0.15, -0.1) is 0 Å². The highest BCUT2D eigenvalue weighted by molar-refractivity contribution is 9.10. The minimum absolute atomic E-state index is 0.413. The first-order valence-corrected chi connectivity index (χ1v) is 44.9. The Morgan fingerprint density at radius 3 is 0.891 bits per heavy atom. The quantitative estimate of drug-likeness (QED) is 0.0716. The SMILES string of the molecule is Brc1ccc(-c2ccc3c(c2)-c2cccc4cccc(c24)C3(c2ccccc2)c2ccccc2)cc1.C=Cc1ccc(COc2ccc(Cc3ccc(-c4ccccc4)cc3)cc2)cc1.C=Cc1ccc(COc2ccc(N(c3ccc(-c4ccccc4)cc3)c3ccc(-c4ccc5c(c4)-c4cccc6cccc(c46)C5(c4ccccc4)c4ccccc4)cc3)cc2)cc1. The molecule has 20 aromatic carbocycles. The molecule has 20 aromatic rings. The van der Waals surface area contributed by atoms with E-state index in [9.17, 15) is 0 Å². The molecule has 0 atom stereocenters. The number of ether oxygens (including phenoxy) is 2. The van der Waals surface area contributed by atoms with Crippen molar-refractivity contribution in [3.8, 4) is 78.3 Å². The summed E-state index contributed by atoms with van der Waals surface area (Å²) in [7, 11) is 0. The van der Waals surface area contributed by atoms with E-state index >= 15 is 0 Å². The minimum atomic E-state index is -0.498. The first-order valence-electron chi connectivity index (χ1n) is 44.1. The third-order valence-electron chi connectivity index (χ3n) is 25.5. The number of hydrogen-bond donors (Lipinski definition) is 0. The molecule has 3 nitrogen and oxygen atoms in total. The summed E-state index contributed by atoms with van der Waals surface area (Å²) in [6, 6.07) is 175. The van der Waals surface area contributed by atoms with E-state index < -0.39 is 10.8 Å². The van der Waals surface area contributed by atoms with E-state index in [0.717, 1.165) is 67.3 Å². The molecule has 0 heterocycles. The van der Waals surface area contributed by atoms with Gasteiger partial charge in [-0.05, 0) is 258 Å². The van der Waals surface area contributed by atoms with Gasteiger partial charge in [-0.25, -0.2) is 0 Å². The van der Waals surface area contributed by atoms with Gasteiger partial charge in [-0.3, -0.25) is 0 Å². The molecule has 22 rings (SSSR count). The van der Waals surface area contributed by atoms with E-state index in [1.54, 1.807) is 0 Å². The molecule has 0 saturated carbocycles. The molecule has 4 heteroatoms. The fourth-order valence-electron chi connectivity index (χ4n) is 19.2. The summed E-state index contributed by atoms with van der Waals surface area (Å²) in [4.78, 5) is 2.31. The Balaban J connectivity index is 0.000000135. The number of rotatable bonds is 21. The van der Waals surface area contributed by atoms with Gasteiger partial charge < -0.3 is 14.4 Å². The summed E-state index contributed by atoms with van der Waals surface area (Å²) in [6.07, 6.45) is 4.62. The van der Waals surface area contributed by atoms with Gasteiger partial charge in [0.05, 0.1) is 10.8 Å². The Hall–Kier alpha value is -15.7. The summed E-state index contributed by atoms with van der Waals surface area (Å²) in [5.74, 6) is 1.71. The molecule has 2 aliphatic rings. The van der Waals surface area contributed by atoms with Crippen LogP contribution >= 0.6 is 15.9 Å². The monoisotopic (exact) mass is 1720 g/mol. The molecule has 0 spiro atoms. The lowest BCUT2D eigenvalue weighted by Crippen LogP contribution is -2.33. The largest absolute Gasteiger partial charge is 0.489 e. The predicted molar refractivity (Wildman–Crippen MR) is 544 cm³/mol. The van der Waals surface area contributed by atoms with Crippen molar-refractivity contribution < 1.29 is 9.47 Å². The highest BCUT2D eigenvalue weighted by Gasteiger charge is 2.46. The van der Waals surface area contributed by atoms with E-state index in [4.69, 9.17) is 9.47 Å². The van der Waals surface area contributed by atoms with Crippen LogP contribution in [0.1, 0.15) is 77.9 Å². The fraction of sp³-hybridized carbons (Fsp3) is 0.0400. The van der Waals surface area contributed by atoms with Gasteiger partial charge in [0.15, 0.2) is 0 Å². The summed E-state index contributed by atoms with van der Waals surface area (Å²) in [5, 5.41) is 5.18. The van der Waals surface area contributed by atoms with Crippen molar-refractivity contribution >= 4 is 66.7 Å². The Morgan fingerprint density at radius 2 is 0.527 bits per heavy atom. The predicted octanol–water partition coefficient (Wildman–Crippen LogP) is 33.0. The Bertz CT molecular complexity index is 7230. The zero-order chi connectivity index (χ0) is 86.9. The first-order chi connectivity index (χ1) is 63.7. The molecular weight excluding hydrogens is 1630 g/mol. The second-order valence-electron chi connectivity index (χ2n) is 33.1. The highest BCUT2D eigenvalue weighted by atomic mass is 79.9. The van der Waals surface area contributed by atoms with E-state index in [1.165, 1.54) is 138 Å². The average molecular weight is 1720 g/mol. The van der Waals surface area contributed by atoms with Crippen LogP contribution in [0.25, 0.3) is 100 Å². The number of fused-ring (bicyclic) bond motifs is 4. The number of hydrogen-bond acceptors (Lipinski definition) is 3. The summed E-state index contributed by atoms with van der Waals surface area (Å²) < 4.78 is 13.2. The number of anilines is 3. The second kappa shape index (κ2) is 36.8. The van der Waals surface area contributed by atoms with Crippen molar-refractivity contribution in [2.75, 3.05) is 4.90 Å². The van der Waals surface area contributed by atoms with Crippen molar-refractivity contribution in [1.82, 2.24) is 0 Å². The highest BCUT2D eigenvalue weighted by Crippen LogP contribution is 2.58. The molecule has 616 valence electrons. The van der Waals surface area contributed by atoms with Gasteiger partial charge in [0.25, 0.3) is 0 Å². The minimum Gasteiger partial charge on any atom is -0.489 e. The lowest BCUT2D eigenvalue weighted by atomic mass is 9.59. The lowest BCUT2D eigenvalue weighted by molar-refractivity contribution is 0.306. The summed E-state index contributed by atoms with van der Waals surface area (Å²) in [6.45, 7) is 8.71. The molecule has 129 heavy (non-hydrogen) atoms. The summed E-state index contributed by atoms with van der Waals surface area (Å²) in [5.41, 5.74) is 34.5. The third-order valence-corrected chi connectivity index (χ3v) is 26.0. The van der Waals surface area contributed by atoms with Crippen molar-refractivity contribution in [2.24, 2.45) is 0 Å². The average Bonchev–Trinajstić information content (AvgIpc) is 0.694. The lowest BCUT2D eigenvalue weighted by Gasteiger charge is -2.42. The molecule has 0 amide bonds. The van der Waals surface area contributed by atoms with Crippen molar-refractivity contribution in [1.29, 1.82) is 0 Å². The Kier molecular flexibility index (Phi) is 23.3. The summed E-state index contributed by atoms with van der Waals surface area (Å²) >= 11 is 3.58. The fourth-order valence-corrected chi connectivity index (χ4v) is 19.4. The molecule has 0 radical (unpaired) electrons. The van der Waals surface area contributed by atoms with Crippen LogP contribution < -0.4 is 14.4 Å². The van der Waals surface area contributed by atoms with Crippen LogP contribution in [0, 0.1) is 0 Å². The molecule has 0 aromatic heterocycles. The Morgan fingerprint density at radius 1 is 0.240 bits per heavy atom. The topological polar surface area (TPSA) is 21.7 Å². The molecule has 0 aliphatic heterocycles. The van der Waals surface area contributed by atoms with Crippen LogP contribution in [0.5, 0.6) is 11.5 Å². The molecule has 0 N–H and O–H groups in total. The maximum absolute atomic E-state index is 6.24. The number of halogens is 1. The molecule has 0 bridgehead atoms. The zero-order valence-electron chi connectivity index (χ0n) is 71.5. The second-order valence-corrected chi connectivity index (χ2v) is 34.0. The van der Waals surface area contributed by atoms with E-state index in [-0.39, 0.29) is 0 Å². The maximum atomic E-state index is 6.24. The van der Waals surface area contributed by atoms with Gasteiger partial charge >= 0.3 is 0 Å². The molecule has 0 unspecified atom stereocenters. The van der Waals surface area contributed by atoms with Crippen LogP contribution in [0.15, 0.2) is 503 Å². The molecule has 0 fully saturated rings. The van der Waals surface area contributed by atoms with Crippen LogP contribution in [0.2, 0.25) is 0 Å². The number of nitrogens with zero attached hydrogens (tertiary/aromatic N) is 1. The first kappa shape index (κ1) is 81.6. The molecule has 0 saturated heterocycles. The Labute approximate surface area is 765 Å². The van der Waals surface area contributed by atoms with Crippen LogP contribution in [0.3, 0.4) is 0 Å². The van der Waals surface area contributed by atoms with Crippen molar-refractivity contribution in [3.05, 3.63) is 581 Å². The molecular formula is C125H92BrNO2. The van der Waals surface area contributed by atoms with Gasteiger partial charge in [0.1, 0.15) is 24.7 Å². The van der Waals surface area contributed by atoms with Crippen LogP contribution in [0.4, 0.5) is 17.1 Å². The van der Waals surface area contributed by atoms with Crippen LogP contribution in [-0.4, -0.2) is 0 Å². The number of benzene rings is 20.